The quantitative estimate of drug-likeness (QED) is 0.301. The predicted molar refractivity (Wildman–Crippen MR) is 150 cm³/mol. The molecule has 4 aromatic rings. The van der Waals surface area contributed by atoms with Crippen LogP contribution in [0.4, 0.5) is 5.69 Å². The van der Waals surface area contributed by atoms with Crippen LogP contribution in [0.3, 0.4) is 0 Å². The third kappa shape index (κ3) is 6.01. The molecule has 5 rings (SSSR count). The van der Waals surface area contributed by atoms with Crippen molar-refractivity contribution in [2.24, 2.45) is 0 Å². The molecule has 0 saturated carbocycles. The monoisotopic (exact) mass is 492 g/mol. The Kier molecular flexibility index (Phi) is 7.52. The molecule has 5 heteroatoms. The molecule has 188 valence electrons. The molecule has 1 heterocycles. The lowest BCUT2D eigenvalue weighted by Crippen LogP contribution is -2.34. The van der Waals surface area contributed by atoms with Crippen molar-refractivity contribution in [2.75, 3.05) is 25.5 Å². The zero-order chi connectivity index (χ0) is 25.6. The van der Waals surface area contributed by atoms with Crippen molar-refractivity contribution in [3.63, 3.8) is 0 Å². The molecule has 4 aromatic carbocycles. The van der Waals surface area contributed by atoms with E-state index < -0.39 is 0 Å². The number of aryl methyl sites for hydroxylation is 1. The smallest absolute Gasteiger partial charge is 0.255 e. The summed E-state index contributed by atoms with van der Waals surface area (Å²) in [7, 11) is 1.64. The summed E-state index contributed by atoms with van der Waals surface area (Å²) in [4.78, 5) is 13.0. The molecule has 0 atom stereocenters. The second-order valence-corrected chi connectivity index (χ2v) is 9.40. The van der Waals surface area contributed by atoms with Crippen molar-refractivity contribution >= 4 is 11.6 Å². The fraction of sp³-hybridized carbons (Fsp3) is 0.219. The SMILES string of the molecule is COc1ccc(C(=O)Nc2ccc(-c3ccc(OC4CCNCC4)cc3)cc2)cc1-c1ccc(C)cc1. The Morgan fingerprint density at radius 2 is 1.43 bits per heavy atom. The average molecular weight is 493 g/mol. The van der Waals surface area contributed by atoms with Crippen LogP contribution in [0.2, 0.25) is 0 Å². The summed E-state index contributed by atoms with van der Waals surface area (Å²) < 4.78 is 11.7. The molecule has 1 aliphatic rings. The fourth-order valence-corrected chi connectivity index (χ4v) is 4.59. The molecule has 5 nitrogen and oxygen atoms in total. The maximum absolute atomic E-state index is 13.0. The summed E-state index contributed by atoms with van der Waals surface area (Å²) in [5.74, 6) is 1.48. The Morgan fingerprint density at radius 1 is 0.811 bits per heavy atom. The van der Waals surface area contributed by atoms with Gasteiger partial charge in [0.2, 0.25) is 0 Å². The number of anilines is 1. The number of nitrogens with one attached hydrogen (secondary N) is 2. The van der Waals surface area contributed by atoms with Crippen LogP contribution in [0.25, 0.3) is 22.3 Å². The Morgan fingerprint density at radius 3 is 2.08 bits per heavy atom. The Balaban J connectivity index is 1.26. The van der Waals surface area contributed by atoms with Gasteiger partial charge in [0.25, 0.3) is 5.91 Å². The van der Waals surface area contributed by atoms with Crippen LogP contribution in [-0.2, 0) is 0 Å². The minimum atomic E-state index is -0.164. The highest BCUT2D eigenvalue weighted by atomic mass is 16.5. The molecular weight excluding hydrogens is 460 g/mol. The molecule has 0 radical (unpaired) electrons. The van der Waals surface area contributed by atoms with Crippen molar-refractivity contribution in [1.29, 1.82) is 0 Å². The predicted octanol–water partition coefficient (Wildman–Crippen LogP) is 6.72. The molecule has 0 spiro atoms. The summed E-state index contributed by atoms with van der Waals surface area (Å²) in [5.41, 5.74) is 6.58. The number of benzene rings is 4. The van der Waals surface area contributed by atoms with E-state index in [0.717, 1.165) is 65.4 Å². The zero-order valence-corrected chi connectivity index (χ0v) is 21.3. The molecule has 1 amide bonds. The van der Waals surface area contributed by atoms with E-state index in [1.807, 2.05) is 60.7 Å². The molecule has 0 bridgehead atoms. The van der Waals surface area contributed by atoms with Crippen LogP contribution in [0, 0.1) is 6.92 Å². The minimum Gasteiger partial charge on any atom is -0.496 e. The first-order valence-corrected chi connectivity index (χ1v) is 12.7. The van der Waals surface area contributed by atoms with Gasteiger partial charge < -0.3 is 20.1 Å². The van der Waals surface area contributed by atoms with E-state index in [-0.39, 0.29) is 12.0 Å². The number of carbonyl (C=O) groups is 1. The molecular formula is C32H32N2O3. The molecule has 0 aliphatic carbocycles. The van der Waals surface area contributed by atoms with E-state index >= 15 is 0 Å². The van der Waals surface area contributed by atoms with Gasteiger partial charge in [0.05, 0.1) is 7.11 Å². The number of piperidine rings is 1. The van der Waals surface area contributed by atoms with E-state index in [1.165, 1.54) is 5.56 Å². The third-order valence-corrected chi connectivity index (χ3v) is 6.74. The first-order chi connectivity index (χ1) is 18.1. The fourth-order valence-electron chi connectivity index (χ4n) is 4.59. The van der Waals surface area contributed by atoms with Crippen LogP contribution < -0.4 is 20.1 Å². The first kappa shape index (κ1) is 24.6. The highest BCUT2D eigenvalue weighted by molar-refractivity contribution is 6.05. The van der Waals surface area contributed by atoms with E-state index in [0.29, 0.717) is 5.56 Å². The van der Waals surface area contributed by atoms with Crippen molar-refractivity contribution in [3.05, 3.63) is 102 Å². The summed E-state index contributed by atoms with van der Waals surface area (Å²) in [5, 5.41) is 6.37. The number of rotatable bonds is 7. The zero-order valence-electron chi connectivity index (χ0n) is 21.3. The second kappa shape index (κ2) is 11.3. The van der Waals surface area contributed by atoms with Gasteiger partial charge in [-0.05, 0) is 92.0 Å². The van der Waals surface area contributed by atoms with E-state index in [2.05, 4.69) is 41.8 Å². The highest BCUT2D eigenvalue weighted by Gasteiger charge is 2.15. The van der Waals surface area contributed by atoms with Crippen LogP contribution in [0.1, 0.15) is 28.8 Å². The molecule has 0 unspecified atom stereocenters. The van der Waals surface area contributed by atoms with Gasteiger partial charge in [-0.25, -0.2) is 0 Å². The van der Waals surface area contributed by atoms with Gasteiger partial charge >= 0.3 is 0 Å². The van der Waals surface area contributed by atoms with Crippen LogP contribution in [0.5, 0.6) is 11.5 Å². The first-order valence-electron chi connectivity index (χ1n) is 12.7. The molecule has 1 fully saturated rings. The normalized spacial score (nSPS) is 13.7. The standard InChI is InChI=1S/C32H32N2O3/c1-22-3-5-25(6-4-22)30-21-26(11-16-31(30)36-2)32(35)34-27-12-7-23(8-13-27)24-9-14-28(15-10-24)37-29-17-19-33-20-18-29/h3-16,21,29,33H,17-20H2,1-2H3,(H,34,35). The lowest BCUT2D eigenvalue weighted by Gasteiger charge is -2.23. The van der Waals surface area contributed by atoms with Crippen molar-refractivity contribution in [2.45, 2.75) is 25.9 Å². The molecule has 1 saturated heterocycles. The molecule has 1 aliphatic heterocycles. The van der Waals surface area contributed by atoms with Gasteiger partial charge in [-0.2, -0.15) is 0 Å². The van der Waals surface area contributed by atoms with Gasteiger partial charge in [-0.15, -0.1) is 0 Å². The maximum atomic E-state index is 13.0. The average Bonchev–Trinajstić information content (AvgIpc) is 2.94. The van der Waals surface area contributed by atoms with Crippen molar-refractivity contribution in [3.8, 4) is 33.8 Å². The van der Waals surface area contributed by atoms with Gasteiger partial charge in [0.15, 0.2) is 0 Å². The van der Waals surface area contributed by atoms with E-state index in [1.54, 1.807) is 13.2 Å². The van der Waals surface area contributed by atoms with Crippen LogP contribution in [0.15, 0.2) is 91.0 Å². The molecule has 2 N–H and O–H groups in total. The lowest BCUT2D eigenvalue weighted by molar-refractivity contribution is 0.102. The van der Waals surface area contributed by atoms with Crippen molar-refractivity contribution in [1.82, 2.24) is 5.32 Å². The summed E-state index contributed by atoms with van der Waals surface area (Å²) in [6.07, 6.45) is 2.37. The molecule has 0 aromatic heterocycles. The number of amides is 1. The van der Waals surface area contributed by atoms with Gasteiger partial charge in [-0.3, -0.25) is 4.79 Å². The molecule has 37 heavy (non-hydrogen) atoms. The van der Waals surface area contributed by atoms with Crippen molar-refractivity contribution < 1.29 is 14.3 Å². The van der Waals surface area contributed by atoms with Gasteiger partial charge in [0, 0.05) is 16.8 Å². The van der Waals surface area contributed by atoms with Crippen LogP contribution >= 0.6 is 0 Å². The summed E-state index contributed by atoms with van der Waals surface area (Å²) in [6.45, 7) is 4.08. The van der Waals surface area contributed by atoms with Gasteiger partial charge in [-0.1, -0.05) is 54.1 Å². The van der Waals surface area contributed by atoms with E-state index in [9.17, 15) is 4.79 Å². The third-order valence-electron chi connectivity index (χ3n) is 6.74. The number of ether oxygens (including phenoxy) is 2. The highest BCUT2D eigenvalue weighted by Crippen LogP contribution is 2.32. The lowest BCUT2D eigenvalue weighted by atomic mass is 10.0. The van der Waals surface area contributed by atoms with Crippen LogP contribution in [-0.4, -0.2) is 32.2 Å². The largest absolute Gasteiger partial charge is 0.496 e. The topological polar surface area (TPSA) is 59.6 Å². The Labute approximate surface area is 218 Å². The summed E-state index contributed by atoms with van der Waals surface area (Å²) in [6, 6.07) is 29.8. The summed E-state index contributed by atoms with van der Waals surface area (Å²) >= 11 is 0. The number of methoxy groups -OCH3 is 1. The minimum absolute atomic E-state index is 0.164. The maximum Gasteiger partial charge on any atom is 0.255 e. The number of hydrogen-bond donors (Lipinski definition) is 2. The van der Waals surface area contributed by atoms with E-state index in [4.69, 9.17) is 9.47 Å². The number of hydrogen-bond acceptors (Lipinski definition) is 4. The number of carbonyl (C=O) groups excluding carboxylic acids is 1. The Bertz CT molecular complexity index is 1340. The van der Waals surface area contributed by atoms with Gasteiger partial charge in [0.1, 0.15) is 17.6 Å². The second-order valence-electron chi connectivity index (χ2n) is 9.40. The Hall–Kier alpha value is -4.09.